The molecular formula is C17H29NO3. The van der Waals surface area contributed by atoms with Crippen LogP contribution in [0.2, 0.25) is 0 Å². The highest BCUT2D eigenvalue weighted by Gasteiger charge is 2.14. The molecule has 0 aromatic heterocycles. The van der Waals surface area contributed by atoms with Crippen molar-refractivity contribution in [2.75, 3.05) is 26.4 Å². The maximum Gasteiger partial charge on any atom is 0.203 e. The van der Waals surface area contributed by atoms with Crippen molar-refractivity contribution in [3.63, 3.8) is 0 Å². The first-order valence-electron chi connectivity index (χ1n) is 8.02. The normalized spacial score (nSPS) is 10.5. The van der Waals surface area contributed by atoms with Gasteiger partial charge in [-0.3, -0.25) is 0 Å². The van der Waals surface area contributed by atoms with Gasteiger partial charge in [-0.05, 0) is 51.4 Å². The number of rotatable bonds is 11. The minimum absolute atomic E-state index is 0.592. The molecule has 0 saturated carbocycles. The Kier molecular flexibility index (Phi) is 8.67. The van der Waals surface area contributed by atoms with Crippen LogP contribution < -0.4 is 19.5 Å². The Morgan fingerprint density at radius 1 is 0.857 bits per heavy atom. The second kappa shape index (κ2) is 10.3. The fraction of sp³-hybridized carbons (Fsp3) is 0.647. The second-order valence-electron chi connectivity index (χ2n) is 4.75. The van der Waals surface area contributed by atoms with Crippen molar-refractivity contribution in [3.8, 4) is 17.2 Å². The summed E-state index contributed by atoms with van der Waals surface area (Å²) in [6.45, 7) is 11.8. The number of ether oxygens (including phenoxy) is 3. The van der Waals surface area contributed by atoms with E-state index in [9.17, 15) is 0 Å². The average molecular weight is 295 g/mol. The van der Waals surface area contributed by atoms with E-state index >= 15 is 0 Å². The lowest BCUT2D eigenvalue weighted by Gasteiger charge is -2.17. The van der Waals surface area contributed by atoms with E-state index in [1.54, 1.807) is 0 Å². The third kappa shape index (κ3) is 5.84. The maximum absolute atomic E-state index is 5.71. The largest absolute Gasteiger partial charge is 0.490 e. The van der Waals surface area contributed by atoms with Gasteiger partial charge in [0.05, 0.1) is 19.8 Å². The smallest absolute Gasteiger partial charge is 0.203 e. The fourth-order valence-corrected chi connectivity index (χ4v) is 2.08. The molecule has 0 radical (unpaired) electrons. The molecule has 0 spiro atoms. The summed E-state index contributed by atoms with van der Waals surface area (Å²) in [5.74, 6) is 2.23. The number of nitrogens with one attached hydrogen (secondary N) is 1. The summed E-state index contributed by atoms with van der Waals surface area (Å²) < 4.78 is 17.1. The van der Waals surface area contributed by atoms with Gasteiger partial charge >= 0.3 is 0 Å². The van der Waals surface area contributed by atoms with Crippen LogP contribution in [0.15, 0.2) is 12.1 Å². The Morgan fingerprint density at radius 3 is 1.90 bits per heavy atom. The van der Waals surface area contributed by atoms with Gasteiger partial charge in [-0.1, -0.05) is 13.3 Å². The molecule has 0 amide bonds. The predicted molar refractivity (Wildman–Crippen MR) is 86.6 cm³/mol. The molecule has 0 saturated heterocycles. The Labute approximate surface area is 128 Å². The molecule has 21 heavy (non-hydrogen) atoms. The topological polar surface area (TPSA) is 39.7 Å². The first-order chi connectivity index (χ1) is 10.3. The van der Waals surface area contributed by atoms with Gasteiger partial charge in [0.15, 0.2) is 11.5 Å². The summed E-state index contributed by atoms with van der Waals surface area (Å²) in [4.78, 5) is 0. The lowest BCUT2D eigenvalue weighted by Crippen LogP contribution is -2.15. The van der Waals surface area contributed by atoms with E-state index in [2.05, 4.69) is 12.2 Å². The van der Waals surface area contributed by atoms with E-state index in [-0.39, 0.29) is 0 Å². The van der Waals surface area contributed by atoms with E-state index in [1.165, 1.54) is 12.8 Å². The zero-order valence-corrected chi connectivity index (χ0v) is 13.8. The molecule has 4 heteroatoms. The molecule has 0 unspecified atom stereocenters. The molecular weight excluding hydrogens is 266 g/mol. The van der Waals surface area contributed by atoms with E-state index in [0.717, 1.165) is 30.2 Å². The highest BCUT2D eigenvalue weighted by atomic mass is 16.5. The van der Waals surface area contributed by atoms with Gasteiger partial charge in [0.2, 0.25) is 5.75 Å². The van der Waals surface area contributed by atoms with Crippen molar-refractivity contribution >= 4 is 0 Å². The monoisotopic (exact) mass is 295 g/mol. The Hall–Kier alpha value is -1.42. The third-order valence-corrected chi connectivity index (χ3v) is 3.01. The first-order valence-corrected chi connectivity index (χ1v) is 8.02. The Balaban J connectivity index is 2.92. The molecule has 1 aromatic carbocycles. The van der Waals surface area contributed by atoms with Crippen LogP contribution in [0.1, 0.15) is 46.1 Å². The van der Waals surface area contributed by atoms with Crippen molar-refractivity contribution in [3.05, 3.63) is 17.7 Å². The van der Waals surface area contributed by atoms with Crippen molar-refractivity contribution in [1.82, 2.24) is 5.32 Å². The predicted octanol–water partition coefficient (Wildman–Crippen LogP) is 3.77. The molecule has 0 aliphatic rings. The number of hydrogen-bond donors (Lipinski definition) is 1. The lowest BCUT2D eigenvalue weighted by atomic mass is 10.1. The van der Waals surface area contributed by atoms with Gasteiger partial charge in [-0.25, -0.2) is 0 Å². The van der Waals surface area contributed by atoms with E-state index in [0.29, 0.717) is 25.6 Å². The minimum Gasteiger partial charge on any atom is -0.490 e. The fourth-order valence-electron chi connectivity index (χ4n) is 2.08. The second-order valence-corrected chi connectivity index (χ2v) is 4.75. The molecule has 0 fully saturated rings. The van der Waals surface area contributed by atoms with E-state index in [4.69, 9.17) is 14.2 Å². The van der Waals surface area contributed by atoms with Crippen molar-refractivity contribution < 1.29 is 14.2 Å². The number of hydrogen-bond acceptors (Lipinski definition) is 4. The molecule has 0 aliphatic heterocycles. The summed E-state index contributed by atoms with van der Waals surface area (Å²) >= 11 is 0. The van der Waals surface area contributed by atoms with Gasteiger partial charge in [0.1, 0.15) is 0 Å². The Morgan fingerprint density at radius 2 is 1.43 bits per heavy atom. The summed E-state index contributed by atoms with van der Waals surface area (Å²) in [6.07, 6.45) is 2.39. The van der Waals surface area contributed by atoms with Crippen LogP contribution in [0.25, 0.3) is 0 Å². The van der Waals surface area contributed by atoms with Crippen molar-refractivity contribution in [2.45, 2.75) is 47.1 Å². The molecule has 0 heterocycles. The molecule has 0 aliphatic carbocycles. The zero-order chi connectivity index (χ0) is 15.5. The molecule has 1 aromatic rings. The standard InChI is InChI=1S/C17H29NO3/c1-5-9-10-18-13-14-11-15(19-6-2)17(21-8-4)16(12-14)20-7-3/h11-12,18H,5-10,13H2,1-4H3. The highest BCUT2D eigenvalue weighted by Crippen LogP contribution is 2.39. The summed E-state index contributed by atoms with van der Waals surface area (Å²) in [7, 11) is 0. The summed E-state index contributed by atoms with van der Waals surface area (Å²) in [5.41, 5.74) is 1.15. The quantitative estimate of drug-likeness (QED) is 0.631. The zero-order valence-electron chi connectivity index (χ0n) is 13.8. The van der Waals surface area contributed by atoms with E-state index in [1.807, 2.05) is 32.9 Å². The maximum atomic E-state index is 5.71. The van der Waals surface area contributed by atoms with Crippen LogP contribution in [0.5, 0.6) is 17.2 Å². The van der Waals surface area contributed by atoms with Gasteiger partial charge in [0, 0.05) is 6.54 Å². The van der Waals surface area contributed by atoms with Gasteiger partial charge in [0.25, 0.3) is 0 Å². The van der Waals surface area contributed by atoms with E-state index < -0.39 is 0 Å². The van der Waals surface area contributed by atoms with Crippen molar-refractivity contribution in [1.29, 1.82) is 0 Å². The highest BCUT2D eigenvalue weighted by molar-refractivity contribution is 5.54. The van der Waals surface area contributed by atoms with Gasteiger partial charge < -0.3 is 19.5 Å². The van der Waals surface area contributed by atoms with Crippen LogP contribution in [-0.2, 0) is 6.54 Å². The molecule has 4 nitrogen and oxygen atoms in total. The molecule has 120 valence electrons. The molecule has 0 bridgehead atoms. The van der Waals surface area contributed by atoms with Gasteiger partial charge in [-0.15, -0.1) is 0 Å². The van der Waals surface area contributed by atoms with Crippen LogP contribution in [-0.4, -0.2) is 26.4 Å². The average Bonchev–Trinajstić information content (AvgIpc) is 2.47. The molecule has 1 N–H and O–H groups in total. The lowest BCUT2D eigenvalue weighted by molar-refractivity contribution is 0.260. The minimum atomic E-state index is 0.592. The third-order valence-electron chi connectivity index (χ3n) is 3.01. The van der Waals surface area contributed by atoms with Crippen LogP contribution in [0.3, 0.4) is 0 Å². The van der Waals surface area contributed by atoms with Crippen LogP contribution in [0.4, 0.5) is 0 Å². The van der Waals surface area contributed by atoms with Crippen LogP contribution in [0, 0.1) is 0 Å². The number of benzene rings is 1. The Bertz CT molecular complexity index is 380. The molecule has 0 atom stereocenters. The van der Waals surface area contributed by atoms with Crippen LogP contribution >= 0.6 is 0 Å². The summed E-state index contributed by atoms with van der Waals surface area (Å²) in [6, 6.07) is 4.08. The SMILES string of the molecule is CCCCNCc1cc(OCC)c(OCC)c(OCC)c1. The van der Waals surface area contributed by atoms with Crippen molar-refractivity contribution in [2.24, 2.45) is 0 Å². The molecule has 1 rings (SSSR count). The number of unbranched alkanes of at least 4 members (excludes halogenated alkanes) is 1. The van der Waals surface area contributed by atoms with Gasteiger partial charge in [-0.2, -0.15) is 0 Å². The summed E-state index contributed by atoms with van der Waals surface area (Å²) in [5, 5.41) is 3.44. The first kappa shape index (κ1) is 17.6.